The van der Waals surface area contributed by atoms with E-state index in [-0.39, 0.29) is 11.3 Å². The minimum Gasteiger partial charge on any atom is -0.507 e. The molecule has 0 aliphatic rings. The van der Waals surface area contributed by atoms with Gasteiger partial charge in [-0.25, -0.2) is 4.79 Å². The molecule has 0 radical (unpaired) electrons. The molecule has 6 heteroatoms. The van der Waals surface area contributed by atoms with Crippen molar-refractivity contribution in [2.24, 2.45) is 0 Å². The number of terminal acetylenes is 1. The van der Waals surface area contributed by atoms with Crippen LogP contribution >= 0.6 is 0 Å². The van der Waals surface area contributed by atoms with Gasteiger partial charge in [-0.05, 0) is 25.1 Å². The lowest BCUT2D eigenvalue weighted by Crippen LogP contribution is -2.48. The van der Waals surface area contributed by atoms with E-state index in [9.17, 15) is 19.8 Å². The van der Waals surface area contributed by atoms with Crippen LogP contribution in [0.25, 0.3) is 0 Å². The highest BCUT2D eigenvalue weighted by Crippen LogP contribution is 2.18. The number of amides is 1. The van der Waals surface area contributed by atoms with Crippen LogP contribution in [0.2, 0.25) is 0 Å². The van der Waals surface area contributed by atoms with Gasteiger partial charge in [-0.3, -0.25) is 4.79 Å². The third kappa shape index (κ3) is 3.49. The molecule has 0 saturated heterocycles. The lowest BCUT2D eigenvalue weighted by molar-refractivity contribution is -0.145. The number of aliphatic hydroxyl groups excluding tert-OH is 1. The van der Waals surface area contributed by atoms with Crippen LogP contribution in [-0.2, 0) is 9.53 Å². The number of nitrogens with one attached hydrogen (secondary N) is 1. The molecule has 0 aliphatic carbocycles. The monoisotopic (exact) mass is 277 g/mol. The molecule has 0 aromatic heterocycles. The van der Waals surface area contributed by atoms with E-state index in [2.05, 4.69) is 16.0 Å². The summed E-state index contributed by atoms with van der Waals surface area (Å²) in [4.78, 5) is 23.4. The summed E-state index contributed by atoms with van der Waals surface area (Å²) in [6.07, 6.45) is 4.03. The fraction of sp³-hybridized carbons (Fsp3) is 0.286. The first-order valence-corrected chi connectivity index (χ1v) is 5.77. The van der Waals surface area contributed by atoms with Crippen molar-refractivity contribution in [3.05, 3.63) is 29.3 Å². The van der Waals surface area contributed by atoms with Crippen molar-refractivity contribution in [3.8, 4) is 18.1 Å². The molecule has 6 nitrogen and oxygen atoms in total. The Morgan fingerprint density at radius 1 is 1.45 bits per heavy atom. The van der Waals surface area contributed by atoms with Gasteiger partial charge >= 0.3 is 5.97 Å². The fourth-order valence-corrected chi connectivity index (χ4v) is 1.54. The molecule has 106 valence electrons. The molecule has 1 amide bonds. The molecular formula is C14H15NO5. The number of phenolic OH excluding ortho intramolecular Hbond substituents is 1. The summed E-state index contributed by atoms with van der Waals surface area (Å²) in [6.45, 7) is 1.34. The third-order valence-corrected chi connectivity index (χ3v) is 2.63. The number of aromatic hydroxyl groups is 1. The van der Waals surface area contributed by atoms with E-state index in [1.165, 1.54) is 25.1 Å². The van der Waals surface area contributed by atoms with Crippen LogP contribution in [0.15, 0.2) is 18.2 Å². The standard InChI is InChI=1S/C14H15NO5/c1-4-9-5-6-10(11(17)7-9)13(18)15-12(8(2)16)14(19)20-3/h1,5-8,12,16-17H,2-3H3,(H,15,18)/t8-,12+/m0/s1. The van der Waals surface area contributed by atoms with Gasteiger partial charge in [0.05, 0.1) is 18.8 Å². The Balaban J connectivity index is 2.95. The Morgan fingerprint density at radius 2 is 2.10 bits per heavy atom. The molecule has 0 heterocycles. The fourth-order valence-electron chi connectivity index (χ4n) is 1.54. The van der Waals surface area contributed by atoms with Gasteiger partial charge in [0.25, 0.3) is 5.91 Å². The van der Waals surface area contributed by atoms with Crippen molar-refractivity contribution in [3.63, 3.8) is 0 Å². The van der Waals surface area contributed by atoms with Crippen LogP contribution in [0.1, 0.15) is 22.8 Å². The van der Waals surface area contributed by atoms with Gasteiger partial charge in [0.15, 0.2) is 6.04 Å². The van der Waals surface area contributed by atoms with Crippen LogP contribution in [0.3, 0.4) is 0 Å². The Labute approximate surface area is 116 Å². The zero-order chi connectivity index (χ0) is 15.3. The molecule has 1 aromatic rings. The van der Waals surface area contributed by atoms with Crippen LogP contribution < -0.4 is 5.32 Å². The summed E-state index contributed by atoms with van der Waals surface area (Å²) in [7, 11) is 1.14. The smallest absolute Gasteiger partial charge is 0.331 e. The number of esters is 1. The van der Waals surface area contributed by atoms with Crippen molar-refractivity contribution >= 4 is 11.9 Å². The molecular weight excluding hydrogens is 262 g/mol. The van der Waals surface area contributed by atoms with E-state index in [0.717, 1.165) is 7.11 Å². The van der Waals surface area contributed by atoms with Gasteiger partial charge in [-0.15, -0.1) is 6.42 Å². The number of hydrogen-bond donors (Lipinski definition) is 3. The van der Waals surface area contributed by atoms with Crippen molar-refractivity contribution in [2.75, 3.05) is 7.11 Å². The first kappa shape index (κ1) is 15.5. The number of carbonyl (C=O) groups is 2. The highest BCUT2D eigenvalue weighted by Gasteiger charge is 2.27. The zero-order valence-electron chi connectivity index (χ0n) is 11.1. The van der Waals surface area contributed by atoms with Gasteiger partial charge < -0.3 is 20.3 Å². The Bertz CT molecular complexity index is 559. The molecule has 0 saturated carbocycles. The summed E-state index contributed by atoms with van der Waals surface area (Å²) >= 11 is 0. The van der Waals surface area contributed by atoms with Crippen molar-refractivity contribution < 1.29 is 24.5 Å². The molecule has 1 rings (SSSR count). The average Bonchev–Trinajstić information content (AvgIpc) is 2.43. The zero-order valence-corrected chi connectivity index (χ0v) is 11.1. The largest absolute Gasteiger partial charge is 0.507 e. The minimum absolute atomic E-state index is 0.0569. The summed E-state index contributed by atoms with van der Waals surface area (Å²) in [5.41, 5.74) is 0.359. The SMILES string of the molecule is C#Cc1ccc(C(=O)N[C@@H](C(=O)OC)[C@H](C)O)c(O)c1. The minimum atomic E-state index is -1.22. The predicted molar refractivity (Wildman–Crippen MR) is 71.0 cm³/mol. The van der Waals surface area contributed by atoms with E-state index in [1.54, 1.807) is 0 Å². The number of carbonyl (C=O) groups excluding carboxylic acids is 2. The van der Waals surface area contributed by atoms with Crippen LogP contribution in [0.5, 0.6) is 5.75 Å². The van der Waals surface area contributed by atoms with E-state index < -0.39 is 24.0 Å². The van der Waals surface area contributed by atoms with Crippen LogP contribution in [0.4, 0.5) is 0 Å². The molecule has 20 heavy (non-hydrogen) atoms. The van der Waals surface area contributed by atoms with E-state index in [0.29, 0.717) is 5.56 Å². The lowest BCUT2D eigenvalue weighted by Gasteiger charge is -2.19. The number of methoxy groups -OCH3 is 1. The van der Waals surface area contributed by atoms with Gasteiger partial charge in [0.1, 0.15) is 5.75 Å². The second-order valence-corrected chi connectivity index (χ2v) is 4.09. The molecule has 0 bridgehead atoms. The van der Waals surface area contributed by atoms with E-state index in [1.807, 2.05) is 0 Å². The maximum Gasteiger partial charge on any atom is 0.331 e. The number of benzene rings is 1. The van der Waals surface area contributed by atoms with Gasteiger partial charge in [0, 0.05) is 5.56 Å². The molecule has 3 N–H and O–H groups in total. The topological polar surface area (TPSA) is 95.9 Å². The Kier molecular flexibility index (Phi) is 5.12. The first-order valence-electron chi connectivity index (χ1n) is 5.77. The van der Waals surface area contributed by atoms with Gasteiger partial charge in [-0.1, -0.05) is 5.92 Å². The van der Waals surface area contributed by atoms with Crippen molar-refractivity contribution in [2.45, 2.75) is 19.1 Å². The van der Waals surface area contributed by atoms with Crippen molar-refractivity contribution in [1.29, 1.82) is 0 Å². The molecule has 0 spiro atoms. The summed E-state index contributed by atoms with van der Waals surface area (Å²) in [5, 5.41) is 21.4. The number of ether oxygens (including phenoxy) is 1. The van der Waals surface area contributed by atoms with Crippen LogP contribution in [-0.4, -0.2) is 41.3 Å². The van der Waals surface area contributed by atoms with Crippen LogP contribution in [0, 0.1) is 12.3 Å². The van der Waals surface area contributed by atoms with E-state index in [4.69, 9.17) is 6.42 Å². The van der Waals surface area contributed by atoms with Gasteiger partial charge in [-0.2, -0.15) is 0 Å². The number of hydrogen-bond acceptors (Lipinski definition) is 5. The molecule has 0 aliphatic heterocycles. The highest BCUT2D eigenvalue weighted by molar-refractivity contribution is 5.99. The highest BCUT2D eigenvalue weighted by atomic mass is 16.5. The molecule has 0 unspecified atom stereocenters. The average molecular weight is 277 g/mol. The number of phenols is 1. The Morgan fingerprint density at radius 3 is 2.55 bits per heavy atom. The normalized spacial score (nSPS) is 12.9. The first-order chi connectivity index (χ1) is 9.40. The molecule has 2 atom stereocenters. The molecule has 0 fully saturated rings. The lowest BCUT2D eigenvalue weighted by atomic mass is 10.1. The number of rotatable bonds is 4. The second-order valence-electron chi connectivity index (χ2n) is 4.09. The summed E-state index contributed by atoms with van der Waals surface area (Å²) in [6, 6.07) is 2.84. The second kappa shape index (κ2) is 6.59. The van der Waals surface area contributed by atoms with Crippen molar-refractivity contribution in [1.82, 2.24) is 5.32 Å². The number of aliphatic hydroxyl groups is 1. The maximum atomic E-state index is 12.0. The Hall–Kier alpha value is -2.52. The maximum absolute atomic E-state index is 12.0. The van der Waals surface area contributed by atoms with E-state index >= 15 is 0 Å². The quantitative estimate of drug-likeness (QED) is 0.533. The molecule has 1 aromatic carbocycles. The third-order valence-electron chi connectivity index (χ3n) is 2.63. The predicted octanol–water partition coefficient (Wildman–Crippen LogP) is 0.0257. The summed E-state index contributed by atoms with van der Waals surface area (Å²) < 4.78 is 4.47. The van der Waals surface area contributed by atoms with Gasteiger partial charge in [0.2, 0.25) is 0 Å². The summed E-state index contributed by atoms with van der Waals surface area (Å²) in [5.74, 6) is 0.497.